The first-order valence-corrected chi connectivity index (χ1v) is 9.65. The molecule has 1 aliphatic rings. The molecule has 0 radical (unpaired) electrons. The summed E-state index contributed by atoms with van der Waals surface area (Å²) in [6, 6.07) is 3.27. The lowest BCUT2D eigenvalue weighted by Gasteiger charge is -2.31. The first-order valence-electron chi connectivity index (χ1n) is 7.33. The van der Waals surface area contributed by atoms with Gasteiger partial charge in [-0.15, -0.1) is 0 Å². The quantitative estimate of drug-likeness (QED) is 0.873. The number of hydrogen-bond donors (Lipinski definition) is 1. The monoisotopic (exact) mass is 299 g/mol. The van der Waals surface area contributed by atoms with Gasteiger partial charge in [-0.25, -0.2) is 0 Å². The van der Waals surface area contributed by atoms with Gasteiger partial charge in [-0.1, -0.05) is 13.3 Å². The zero-order valence-electron chi connectivity index (χ0n) is 11.9. The van der Waals surface area contributed by atoms with Crippen LogP contribution in [-0.2, 0) is 17.2 Å². The van der Waals surface area contributed by atoms with Crippen LogP contribution in [0, 0.1) is 0 Å². The van der Waals surface area contributed by atoms with Crippen molar-refractivity contribution in [2.45, 2.75) is 63.3 Å². The minimum Gasteiger partial charge on any atom is -0.311 e. The second-order valence-corrected chi connectivity index (χ2v) is 8.34. The van der Waals surface area contributed by atoms with Gasteiger partial charge in [-0.3, -0.25) is 4.21 Å². The van der Waals surface area contributed by atoms with Crippen LogP contribution in [0.15, 0.2) is 16.8 Å². The van der Waals surface area contributed by atoms with Crippen molar-refractivity contribution in [3.63, 3.8) is 0 Å². The van der Waals surface area contributed by atoms with Crippen molar-refractivity contribution in [1.29, 1.82) is 0 Å². The summed E-state index contributed by atoms with van der Waals surface area (Å²) in [4.78, 5) is 0. The van der Waals surface area contributed by atoms with E-state index in [0.29, 0.717) is 17.3 Å². The van der Waals surface area contributed by atoms with Crippen LogP contribution in [-0.4, -0.2) is 27.3 Å². The van der Waals surface area contributed by atoms with Gasteiger partial charge in [0.05, 0.1) is 0 Å². The fraction of sp³-hybridized carbons (Fsp3) is 0.733. The Morgan fingerprint density at radius 3 is 3.05 bits per heavy atom. The van der Waals surface area contributed by atoms with Crippen LogP contribution in [0.3, 0.4) is 0 Å². The highest BCUT2D eigenvalue weighted by molar-refractivity contribution is 7.85. The number of rotatable bonds is 6. The Morgan fingerprint density at radius 1 is 1.53 bits per heavy atom. The third-order valence-corrected chi connectivity index (χ3v) is 6.40. The summed E-state index contributed by atoms with van der Waals surface area (Å²) < 4.78 is 11.9. The molecule has 108 valence electrons. The van der Waals surface area contributed by atoms with Gasteiger partial charge < -0.3 is 5.32 Å². The first kappa shape index (κ1) is 15.2. The highest BCUT2D eigenvalue weighted by Gasteiger charge is 2.26. The molecule has 2 nitrogen and oxygen atoms in total. The number of nitrogens with one attached hydrogen (secondary N) is 1. The van der Waals surface area contributed by atoms with E-state index in [1.165, 1.54) is 18.4 Å². The van der Waals surface area contributed by atoms with E-state index in [4.69, 9.17) is 0 Å². The summed E-state index contributed by atoms with van der Waals surface area (Å²) in [7, 11) is -0.619. The van der Waals surface area contributed by atoms with Gasteiger partial charge in [0.2, 0.25) is 0 Å². The molecule has 0 aromatic carbocycles. The van der Waals surface area contributed by atoms with Crippen LogP contribution in [0.5, 0.6) is 0 Å². The lowest BCUT2D eigenvalue weighted by atomic mass is 9.94. The van der Waals surface area contributed by atoms with Crippen LogP contribution in [0.25, 0.3) is 0 Å². The van der Waals surface area contributed by atoms with E-state index in [1.807, 2.05) is 6.92 Å². The van der Waals surface area contributed by atoms with E-state index < -0.39 is 10.8 Å². The minimum absolute atomic E-state index is 0.421. The van der Waals surface area contributed by atoms with Crippen LogP contribution >= 0.6 is 11.3 Å². The van der Waals surface area contributed by atoms with E-state index in [9.17, 15) is 4.21 Å². The zero-order chi connectivity index (χ0) is 13.7. The van der Waals surface area contributed by atoms with E-state index >= 15 is 0 Å². The third kappa shape index (κ3) is 4.69. The van der Waals surface area contributed by atoms with Crippen molar-refractivity contribution in [3.05, 3.63) is 22.4 Å². The largest absolute Gasteiger partial charge is 0.311 e. The van der Waals surface area contributed by atoms with Gasteiger partial charge in [0.15, 0.2) is 0 Å². The maximum Gasteiger partial charge on any atom is 0.0362 e. The molecular weight excluding hydrogens is 274 g/mol. The second-order valence-electron chi connectivity index (χ2n) is 5.56. The standard InChI is InChI=1S/C15H25NOS2/c1-3-19(17)15-6-4-5-14(10-15)16-12(2)9-13-7-8-18-11-13/h7-8,11-12,14-16H,3-6,9-10H2,1-2H3/t12-,14+,15+,19-/m0/s1. The van der Waals surface area contributed by atoms with Crippen LogP contribution < -0.4 is 5.32 Å². The number of thiophene rings is 1. The molecule has 1 N–H and O–H groups in total. The molecule has 1 aromatic rings. The Kier molecular flexibility index (Phi) is 6.05. The van der Waals surface area contributed by atoms with E-state index in [1.54, 1.807) is 11.3 Å². The van der Waals surface area contributed by atoms with Crippen LogP contribution in [0.4, 0.5) is 0 Å². The molecule has 0 amide bonds. The molecule has 1 aromatic heterocycles. The second kappa shape index (κ2) is 7.55. The molecule has 0 bridgehead atoms. The molecule has 19 heavy (non-hydrogen) atoms. The normalized spacial score (nSPS) is 27.1. The van der Waals surface area contributed by atoms with E-state index in [-0.39, 0.29) is 0 Å². The van der Waals surface area contributed by atoms with E-state index in [2.05, 4.69) is 29.1 Å². The summed E-state index contributed by atoms with van der Waals surface area (Å²) in [5.74, 6) is 0.807. The summed E-state index contributed by atoms with van der Waals surface area (Å²) in [6.45, 7) is 4.30. The smallest absolute Gasteiger partial charge is 0.0362 e. The summed E-state index contributed by atoms with van der Waals surface area (Å²) >= 11 is 1.77. The molecule has 2 rings (SSSR count). The van der Waals surface area contributed by atoms with Crippen LogP contribution in [0.1, 0.15) is 45.1 Å². The van der Waals surface area contributed by atoms with Gasteiger partial charge >= 0.3 is 0 Å². The molecule has 1 fully saturated rings. The topological polar surface area (TPSA) is 29.1 Å². The highest BCUT2D eigenvalue weighted by atomic mass is 32.2. The molecule has 0 unspecified atom stereocenters. The maximum atomic E-state index is 11.9. The molecule has 4 atom stereocenters. The Hall–Kier alpha value is -0.190. The summed E-state index contributed by atoms with van der Waals surface area (Å²) in [5.41, 5.74) is 1.43. The van der Waals surface area contributed by atoms with Crippen LogP contribution in [0.2, 0.25) is 0 Å². The fourth-order valence-electron chi connectivity index (χ4n) is 2.99. The SMILES string of the molecule is CC[S@](=O)[C@@H]1CCC[C@@H](N[C@@H](C)Cc2ccsc2)C1. The Balaban J connectivity index is 1.80. The molecule has 1 saturated carbocycles. The zero-order valence-corrected chi connectivity index (χ0v) is 13.6. The fourth-order valence-corrected chi connectivity index (χ4v) is 5.02. The Morgan fingerprint density at radius 2 is 2.37 bits per heavy atom. The van der Waals surface area contributed by atoms with Crippen molar-refractivity contribution in [2.75, 3.05) is 5.75 Å². The lowest BCUT2D eigenvalue weighted by molar-refractivity contribution is 0.346. The summed E-state index contributed by atoms with van der Waals surface area (Å²) in [6.07, 6.45) is 5.80. The average molecular weight is 300 g/mol. The first-order chi connectivity index (χ1) is 9.19. The predicted octanol–water partition coefficient (Wildman–Crippen LogP) is 3.35. The third-order valence-electron chi connectivity index (χ3n) is 3.92. The maximum absolute atomic E-state index is 11.9. The lowest BCUT2D eigenvalue weighted by Crippen LogP contribution is -2.42. The van der Waals surface area contributed by atoms with Crippen molar-refractivity contribution >= 4 is 22.1 Å². The van der Waals surface area contributed by atoms with Crippen molar-refractivity contribution in [3.8, 4) is 0 Å². The molecule has 0 spiro atoms. The Bertz CT molecular complexity index is 391. The number of hydrogen-bond acceptors (Lipinski definition) is 3. The minimum atomic E-state index is -0.619. The van der Waals surface area contributed by atoms with E-state index in [0.717, 1.165) is 25.0 Å². The van der Waals surface area contributed by atoms with Gasteiger partial charge in [-0.2, -0.15) is 11.3 Å². The predicted molar refractivity (Wildman–Crippen MR) is 85.3 cm³/mol. The molecular formula is C15H25NOS2. The van der Waals surface area contributed by atoms with Crippen molar-refractivity contribution < 1.29 is 4.21 Å². The average Bonchev–Trinajstić information content (AvgIpc) is 2.90. The Labute approximate surface area is 123 Å². The molecule has 1 aliphatic carbocycles. The van der Waals surface area contributed by atoms with Gasteiger partial charge in [0.1, 0.15) is 0 Å². The highest BCUT2D eigenvalue weighted by Crippen LogP contribution is 2.23. The van der Waals surface area contributed by atoms with Crippen molar-refractivity contribution in [1.82, 2.24) is 5.32 Å². The molecule has 0 saturated heterocycles. The van der Waals surface area contributed by atoms with Crippen molar-refractivity contribution in [2.24, 2.45) is 0 Å². The summed E-state index contributed by atoms with van der Waals surface area (Å²) in [5, 5.41) is 8.53. The molecule has 1 heterocycles. The molecule has 4 heteroatoms. The van der Waals surface area contributed by atoms with Gasteiger partial charge in [0.25, 0.3) is 0 Å². The molecule has 0 aliphatic heterocycles. The van der Waals surface area contributed by atoms with Gasteiger partial charge in [0, 0.05) is 33.9 Å². The van der Waals surface area contributed by atoms with Gasteiger partial charge in [-0.05, 0) is 55.0 Å².